The standard InChI is InChI=1S/C11H8N2O4/c14-10-8(11(15)16)6-13(17)9(12-10)7-4-2-1-3-5-7/h1-6,17H,(H,15,16). The van der Waals surface area contributed by atoms with E-state index in [9.17, 15) is 14.8 Å². The van der Waals surface area contributed by atoms with E-state index in [-0.39, 0.29) is 5.82 Å². The van der Waals surface area contributed by atoms with E-state index in [1.165, 1.54) is 0 Å². The maximum atomic E-state index is 11.4. The highest BCUT2D eigenvalue weighted by Crippen LogP contribution is 2.13. The van der Waals surface area contributed by atoms with Gasteiger partial charge in [-0.15, -0.1) is 0 Å². The van der Waals surface area contributed by atoms with Crippen LogP contribution in [-0.4, -0.2) is 26.0 Å². The minimum Gasteiger partial charge on any atom is -0.477 e. The molecule has 0 fully saturated rings. The average Bonchev–Trinajstić information content (AvgIpc) is 2.32. The number of rotatable bonds is 2. The normalized spacial score (nSPS) is 10.1. The van der Waals surface area contributed by atoms with Gasteiger partial charge in [-0.1, -0.05) is 30.3 Å². The number of hydrogen-bond acceptors (Lipinski definition) is 4. The number of aromatic carboxylic acids is 1. The maximum absolute atomic E-state index is 11.4. The zero-order chi connectivity index (χ0) is 12.4. The van der Waals surface area contributed by atoms with Gasteiger partial charge in [0.2, 0.25) is 0 Å². The fourth-order valence-corrected chi connectivity index (χ4v) is 1.38. The highest BCUT2D eigenvalue weighted by atomic mass is 16.5. The van der Waals surface area contributed by atoms with Crippen LogP contribution in [0, 0.1) is 0 Å². The van der Waals surface area contributed by atoms with Gasteiger partial charge < -0.3 is 10.3 Å². The second-order valence-corrected chi connectivity index (χ2v) is 3.30. The van der Waals surface area contributed by atoms with Crippen molar-refractivity contribution in [1.82, 2.24) is 9.71 Å². The summed E-state index contributed by atoms with van der Waals surface area (Å²) in [7, 11) is 0. The Morgan fingerprint density at radius 1 is 1.24 bits per heavy atom. The van der Waals surface area contributed by atoms with Crippen molar-refractivity contribution in [1.29, 1.82) is 0 Å². The molecule has 2 rings (SSSR count). The molecule has 0 unspecified atom stereocenters. The van der Waals surface area contributed by atoms with Crippen LogP contribution in [0.2, 0.25) is 0 Å². The Hall–Kier alpha value is -2.63. The lowest BCUT2D eigenvalue weighted by molar-refractivity contribution is 0.0689. The van der Waals surface area contributed by atoms with Gasteiger partial charge >= 0.3 is 5.97 Å². The van der Waals surface area contributed by atoms with E-state index in [0.717, 1.165) is 6.20 Å². The van der Waals surface area contributed by atoms with Crippen molar-refractivity contribution >= 4 is 5.97 Å². The summed E-state index contributed by atoms with van der Waals surface area (Å²) in [5.41, 5.74) is -0.946. The van der Waals surface area contributed by atoms with Crippen LogP contribution in [0.25, 0.3) is 11.4 Å². The largest absolute Gasteiger partial charge is 0.477 e. The van der Waals surface area contributed by atoms with Crippen LogP contribution in [0.3, 0.4) is 0 Å². The Morgan fingerprint density at radius 2 is 1.88 bits per heavy atom. The molecule has 0 aliphatic carbocycles. The third kappa shape index (κ3) is 2.00. The summed E-state index contributed by atoms with van der Waals surface area (Å²) in [6.07, 6.45) is 0.833. The minimum atomic E-state index is -1.43. The predicted octanol–water partition coefficient (Wildman–Crippen LogP) is 0.846. The van der Waals surface area contributed by atoms with Gasteiger partial charge in [-0.3, -0.25) is 4.79 Å². The average molecular weight is 232 g/mol. The molecule has 0 aliphatic heterocycles. The van der Waals surface area contributed by atoms with E-state index < -0.39 is 17.1 Å². The number of aromatic nitrogens is 2. The van der Waals surface area contributed by atoms with Crippen molar-refractivity contribution in [2.45, 2.75) is 0 Å². The predicted molar refractivity (Wildman–Crippen MR) is 58.1 cm³/mol. The van der Waals surface area contributed by atoms with Gasteiger partial charge in [0.25, 0.3) is 5.56 Å². The van der Waals surface area contributed by atoms with Crippen molar-refractivity contribution in [2.24, 2.45) is 0 Å². The van der Waals surface area contributed by atoms with Crippen LogP contribution in [0.15, 0.2) is 41.3 Å². The summed E-state index contributed by atoms with van der Waals surface area (Å²) in [6, 6.07) is 8.50. The smallest absolute Gasteiger partial charge is 0.343 e. The third-order valence-electron chi connectivity index (χ3n) is 2.17. The fraction of sp³-hybridized carbons (Fsp3) is 0. The Bertz CT molecular complexity index is 619. The lowest BCUT2D eigenvalue weighted by atomic mass is 10.2. The highest BCUT2D eigenvalue weighted by Gasteiger charge is 2.14. The molecule has 0 bridgehead atoms. The number of carboxylic acid groups (broad SMARTS) is 1. The lowest BCUT2D eigenvalue weighted by Gasteiger charge is -2.06. The second kappa shape index (κ2) is 4.09. The van der Waals surface area contributed by atoms with Crippen LogP contribution < -0.4 is 5.56 Å². The molecule has 0 amide bonds. The first-order valence-corrected chi connectivity index (χ1v) is 4.71. The van der Waals surface area contributed by atoms with Gasteiger partial charge in [-0.05, 0) is 0 Å². The summed E-state index contributed by atoms with van der Waals surface area (Å²) < 4.78 is 0.528. The van der Waals surface area contributed by atoms with Crippen LogP contribution >= 0.6 is 0 Å². The minimum absolute atomic E-state index is 0.000556. The first kappa shape index (κ1) is 10.9. The van der Waals surface area contributed by atoms with Crippen molar-refractivity contribution in [3.05, 3.63) is 52.4 Å². The quantitative estimate of drug-likeness (QED) is 0.748. The maximum Gasteiger partial charge on any atom is 0.343 e. The fourth-order valence-electron chi connectivity index (χ4n) is 1.38. The molecule has 0 spiro atoms. The molecule has 2 N–H and O–H groups in total. The molecule has 6 nitrogen and oxygen atoms in total. The molecule has 0 atom stereocenters. The molecule has 2 aromatic rings. The monoisotopic (exact) mass is 232 g/mol. The number of benzene rings is 1. The number of carbonyl (C=O) groups is 1. The molecule has 0 aliphatic rings. The van der Waals surface area contributed by atoms with Gasteiger partial charge in [0.05, 0.1) is 6.20 Å². The molecule has 0 radical (unpaired) electrons. The molecule has 0 saturated carbocycles. The van der Waals surface area contributed by atoms with Crippen molar-refractivity contribution in [2.75, 3.05) is 0 Å². The number of hydrogen-bond donors (Lipinski definition) is 2. The highest BCUT2D eigenvalue weighted by molar-refractivity contribution is 5.86. The second-order valence-electron chi connectivity index (χ2n) is 3.30. The van der Waals surface area contributed by atoms with Crippen molar-refractivity contribution in [3.63, 3.8) is 0 Å². The summed E-state index contributed by atoms with van der Waals surface area (Å²) >= 11 is 0. The molecule has 17 heavy (non-hydrogen) atoms. The van der Waals surface area contributed by atoms with Gasteiger partial charge in [0.1, 0.15) is 5.56 Å². The molecule has 86 valence electrons. The Labute approximate surface area is 95.4 Å². The summed E-state index contributed by atoms with van der Waals surface area (Å²) in [5.74, 6) is -1.43. The molecule has 6 heteroatoms. The van der Waals surface area contributed by atoms with Crippen molar-refractivity contribution in [3.8, 4) is 11.4 Å². The molecular weight excluding hydrogens is 224 g/mol. The van der Waals surface area contributed by atoms with E-state index >= 15 is 0 Å². The van der Waals surface area contributed by atoms with Crippen molar-refractivity contribution < 1.29 is 15.1 Å². The first-order valence-electron chi connectivity index (χ1n) is 4.71. The van der Waals surface area contributed by atoms with Crippen LogP contribution in [-0.2, 0) is 0 Å². The zero-order valence-corrected chi connectivity index (χ0v) is 8.57. The number of carboxylic acids is 1. The third-order valence-corrected chi connectivity index (χ3v) is 2.17. The van der Waals surface area contributed by atoms with Crippen LogP contribution in [0.1, 0.15) is 10.4 Å². The SMILES string of the molecule is O=C(O)c1cn(O)c(-c2ccccc2)nc1=O. The molecule has 1 heterocycles. The molecule has 1 aromatic heterocycles. The van der Waals surface area contributed by atoms with Gasteiger partial charge in [0, 0.05) is 5.56 Å². The number of nitrogens with zero attached hydrogens (tertiary/aromatic N) is 2. The summed E-state index contributed by atoms with van der Waals surface area (Å²) in [5, 5.41) is 18.3. The Morgan fingerprint density at radius 3 is 2.47 bits per heavy atom. The van der Waals surface area contributed by atoms with Gasteiger partial charge in [-0.2, -0.15) is 9.71 Å². The Kier molecular flexibility index (Phi) is 2.61. The molecule has 0 saturated heterocycles. The van der Waals surface area contributed by atoms with Crippen LogP contribution in [0.4, 0.5) is 0 Å². The topological polar surface area (TPSA) is 92.4 Å². The zero-order valence-electron chi connectivity index (χ0n) is 8.57. The first-order chi connectivity index (χ1) is 8.09. The lowest BCUT2D eigenvalue weighted by Crippen LogP contribution is -2.21. The van der Waals surface area contributed by atoms with E-state index in [1.807, 2.05) is 0 Å². The molecular formula is C11H8N2O4. The summed E-state index contributed by atoms with van der Waals surface area (Å²) in [6.45, 7) is 0. The summed E-state index contributed by atoms with van der Waals surface area (Å²) in [4.78, 5) is 25.6. The Balaban J connectivity index is 2.63. The van der Waals surface area contributed by atoms with E-state index in [0.29, 0.717) is 10.3 Å². The molecule has 1 aromatic carbocycles. The van der Waals surface area contributed by atoms with E-state index in [2.05, 4.69) is 4.98 Å². The van der Waals surface area contributed by atoms with Gasteiger partial charge in [0.15, 0.2) is 5.82 Å². The van der Waals surface area contributed by atoms with Gasteiger partial charge in [-0.25, -0.2) is 4.79 Å². The van der Waals surface area contributed by atoms with E-state index in [1.54, 1.807) is 30.3 Å². The van der Waals surface area contributed by atoms with E-state index in [4.69, 9.17) is 5.11 Å². The van der Waals surface area contributed by atoms with Crippen LogP contribution in [0.5, 0.6) is 0 Å².